The van der Waals surface area contributed by atoms with Crippen molar-refractivity contribution in [2.45, 2.75) is 23.8 Å². The number of sulfone groups is 1. The first-order valence-corrected chi connectivity index (χ1v) is 7.95. The number of hydrogen-bond donors (Lipinski definition) is 1. The molecule has 20 heavy (non-hydrogen) atoms. The lowest BCUT2D eigenvalue weighted by atomic mass is 10.0. The molecule has 2 rings (SSSR count). The molecule has 1 unspecified atom stereocenters. The van der Waals surface area contributed by atoms with E-state index in [0.29, 0.717) is 18.9 Å². The summed E-state index contributed by atoms with van der Waals surface area (Å²) in [6.45, 7) is 2.96. The molecule has 1 N–H and O–H groups in total. The summed E-state index contributed by atoms with van der Waals surface area (Å²) in [4.78, 5) is 10.5. The molecule has 8 heteroatoms. The number of ether oxygens (including phenoxy) is 1. The molecule has 0 bridgehead atoms. The van der Waals surface area contributed by atoms with Crippen molar-refractivity contribution < 1.29 is 18.1 Å². The van der Waals surface area contributed by atoms with Crippen LogP contribution in [-0.4, -0.2) is 38.3 Å². The third-order valence-electron chi connectivity index (χ3n) is 3.25. The molecule has 0 aromatic heterocycles. The lowest BCUT2D eigenvalue weighted by molar-refractivity contribution is -0.384. The van der Waals surface area contributed by atoms with Gasteiger partial charge >= 0.3 is 0 Å². The van der Waals surface area contributed by atoms with E-state index < -0.39 is 14.8 Å². The predicted molar refractivity (Wildman–Crippen MR) is 73.7 cm³/mol. The fourth-order valence-corrected chi connectivity index (χ4v) is 2.73. The smallest absolute Gasteiger partial charge is 0.293 e. The molecular weight excluding hydrogens is 284 g/mol. The van der Waals surface area contributed by atoms with Gasteiger partial charge in [0, 0.05) is 18.9 Å². The molecule has 110 valence electrons. The lowest BCUT2D eigenvalue weighted by Gasteiger charge is -2.24. The molecule has 1 heterocycles. The Labute approximate surface area is 117 Å². The van der Waals surface area contributed by atoms with Gasteiger partial charge in [-0.05, 0) is 25.5 Å². The fourth-order valence-electron chi connectivity index (χ4n) is 2.09. The first-order chi connectivity index (χ1) is 9.21. The zero-order chi connectivity index (χ0) is 15.0. The summed E-state index contributed by atoms with van der Waals surface area (Å²) in [6.07, 6.45) is 1.75. The number of nitrogens with one attached hydrogen (secondary N) is 1. The van der Waals surface area contributed by atoms with Crippen LogP contribution in [0.3, 0.4) is 0 Å². The van der Waals surface area contributed by atoms with Gasteiger partial charge in [0.2, 0.25) is 0 Å². The third-order valence-corrected chi connectivity index (χ3v) is 4.36. The van der Waals surface area contributed by atoms with Crippen molar-refractivity contribution in [3.8, 4) is 0 Å². The van der Waals surface area contributed by atoms with E-state index in [1.807, 2.05) is 6.92 Å². The maximum absolute atomic E-state index is 11.5. The highest BCUT2D eigenvalue weighted by atomic mass is 32.2. The van der Waals surface area contributed by atoms with Gasteiger partial charge in [0.1, 0.15) is 5.69 Å². The van der Waals surface area contributed by atoms with Crippen molar-refractivity contribution in [1.82, 2.24) is 0 Å². The number of nitro groups is 1. The summed E-state index contributed by atoms with van der Waals surface area (Å²) in [6, 6.07) is 3.87. The Kier molecular flexibility index (Phi) is 3.70. The Morgan fingerprint density at radius 3 is 2.65 bits per heavy atom. The van der Waals surface area contributed by atoms with E-state index in [2.05, 4.69) is 5.32 Å². The molecule has 7 nitrogen and oxygen atoms in total. The zero-order valence-electron chi connectivity index (χ0n) is 11.3. The second-order valence-corrected chi connectivity index (χ2v) is 7.21. The predicted octanol–water partition coefficient (Wildman–Crippen LogP) is 1.59. The molecular formula is C12H16N2O5S. The van der Waals surface area contributed by atoms with Crippen molar-refractivity contribution in [2.24, 2.45) is 0 Å². The van der Waals surface area contributed by atoms with Crippen molar-refractivity contribution in [2.75, 3.05) is 24.8 Å². The molecule has 1 fully saturated rings. The van der Waals surface area contributed by atoms with Crippen molar-refractivity contribution >= 4 is 21.2 Å². The largest absolute Gasteiger partial charge is 0.379 e. The molecule has 1 aliphatic rings. The number of nitrogens with zero attached hydrogens (tertiary/aromatic N) is 1. The average molecular weight is 300 g/mol. The molecule has 0 spiro atoms. The van der Waals surface area contributed by atoms with Gasteiger partial charge in [-0.15, -0.1) is 0 Å². The van der Waals surface area contributed by atoms with Gasteiger partial charge in [0.05, 0.1) is 22.0 Å². The highest BCUT2D eigenvalue weighted by molar-refractivity contribution is 7.90. The van der Waals surface area contributed by atoms with Crippen LogP contribution in [-0.2, 0) is 14.6 Å². The Morgan fingerprint density at radius 1 is 1.45 bits per heavy atom. The van der Waals surface area contributed by atoms with E-state index >= 15 is 0 Å². The number of rotatable bonds is 4. The van der Waals surface area contributed by atoms with Crippen LogP contribution in [0.1, 0.15) is 13.3 Å². The zero-order valence-corrected chi connectivity index (χ0v) is 12.1. The molecule has 1 aromatic carbocycles. The van der Waals surface area contributed by atoms with Crippen molar-refractivity contribution in [1.29, 1.82) is 0 Å². The van der Waals surface area contributed by atoms with Gasteiger partial charge < -0.3 is 10.1 Å². The Hall–Kier alpha value is -1.67. The summed E-state index contributed by atoms with van der Waals surface area (Å²) < 4.78 is 28.2. The maximum atomic E-state index is 11.5. The van der Waals surface area contributed by atoms with Crippen LogP contribution in [0.25, 0.3) is 0 Å². The SMILES string of the molecule is CC1(Nc2ccc(S(C)(=O)=O)cc2[N+](=O)[O-])CCOC1. The summed E-state index contributed by atoms with van der Waals surface area (Å²) in [5, 5.41) is 14.2. The Balaban J connectivity index is 2.40. The maximum Gasteiger partial charge on any atom is 0.293 e. The highest BCUT2D eigenvalue weighted by Gasteiger charge is 2.32. The van der Waals surface area contributed by atoms with Gasteiger partial charge in [-0.1, -0.05) is 0 Å². The number of nitro benzene ring substituents is 1. The van der Waals surface area contributed by atoms with Crippen LogP contribution in [0.15, 0.2) is 23.1 Å². The minimum Gasteiger partial charge on any atom is -0.379 e. The minimum atomic E-state index is -3.47. The molecule has 0 amide bonds. The summed E-state index contributed by atoms with van der Waals surface area (Å²) in [5.41, 5.74) is -0.325. The van der Waals surface area contributed by atoms with Crippen LogP contribution >= 0.6 is 0 Å². The van der Waals surface area contributed by atoms with E-state index in [0.717, 1.165) is 18.7 Å². The summed E-state index contributed by atoms with van der Waals surface area (Å²) in [7, 11) is -3.47. The number of anilines is 1. The van der Waals surface area contributed by atoms with E-state index in [4.69, 9.17) is 4.74 Å². The fraction of sp³-hybridized carbons (Fsp3) is 0.500. The molecule has 1 aliphatic heterocycles. The Morgan fingerprint density at radius 2 is 2.15 bits per heavy atom. The summed E-state index contributed by atoms with van der Waals surface area (Å²) >= 11 is 0. The van der Waals surface area contributed by atoms with Crippen LogP contribution in [0.5, 0.6) is 0 Å². The molecule has 1 aromatic rings. The third kappa shape index (κ3) is 3.07. The van der Waals surface area contributed by atoms with Gasteiger partial charge in [-0.2, -0.15) is 0 Å². The molecule has 0 radical (unpaired) electrons. The minimum absolute atomic E-state index is 0.0671. The first kappa shape index (κ1) is 14.7. The van der Waals surface area contributed by atoms with Crippen LogP contribution in [0, 0.1) is 10.1 Å². The topological polar surface area (TPSA) is 98.5 Å². The van der Waals surface area contributed by atoms with Crippen LogP contribution in [0.4, 0.5) is 11.4 Å². The number of benzene rings is 1. The van der Waals surface area contributed by atoms with Crippen molar-refractivity contribution in [3.63, 3.8) is 0 Å². The van der Waals surface area contributed by atoms with E-state index in [-0.39, 0.29) is 16.1 Å². The molecule has 1 atom stereocenters. The lowest BCUT2D eigenvalue weighted by Crippen LogP contribution is -2.35. The first-order valence-electron chi connectivity index (χ1n) is 6.06. The Bertz CT molecular complexity index is 635. The van der Waals surface area contributed by atoms with Crippen molar-refractivity contribution in [3.05, 3.63) is 28.3 Å². The molecule has 0 aliphatic carbocycles. The average Bonchev–Trinajstić information content (AvgIpc) is 2.74. The van der Waals surface area contributed by atoms with Gasteiger partial charge in [0.25, 0.3) is 5.69 Å². The van der Waals surface area contributed by atoms with Gasteiger partial charge in [-0.3, -0.25) is 10.1 Å². The number of hydrogen-bond acceptors (Lipinski definition) is 6. The molecule has 1 saturated heterocycles. The van der Waals surface area contributed by atoms with E-state index in [1.54, 1.807) is 0 Å². The van der Waals surface area contributed by atoms with Crippen LogP contribution in [0.2, 0.25) is 0 Å². The monoisotopic (exact) mass is 300 g/mol. The van der Waals surface area contributed by atoms with Crippen LogP contribution < -0.4 is 5.32 Å². The highest BCUT2D eigenvalue weighted by Crippen LogP contribution is 2.32. The standard InChI is InChI=1S/C12H16N2O5S/c1-12(5-6-19-8-12)13-10-4-3-9(20(2,17)18)7-11(10)14(15)16/h3-4,7,13H,5-6,8H2,1-2H3. The summed E-state index contributed by atoms with van der Waals surface area (Å²) in [5.74, 6) is 0. The molecule has 0 saturated carbocycles. The van der Waals surface area contributed by atoms with E-state index in [9.17, 15) is 18.5 Å². The van der Waals surface area contributed by atoms with Gasteiger partial charge in [0.15, 0.2) is 9.84 Å². The quantitative estimate of drug-likeness (QED) is 0.669. The second kappa shape index (κ2) is 5.02. The second-order valence-electron chi connectivity index (χ2n) is 5.20. The van der Waals surface area contributed by atoms with Gasteiger partial charge in [-0.25, -0.2) is 8.42 Å². The van der Waals surface area contributed by atoms with E-state index in [1.165, 1.54) is 12.1 Å². The normalized spacial score (nSPS) is 22.7.